The van der Waals surface area contributed by atoms with Crippen molar-refractivity contribution in [1.82, 2.24) is 0 Å². The molecule has 0 radical (unpaired) electrons. The monoisotopic (exact) mass is 506 g/mol. The molecule has 2 aromatic rings. The molecule has 2 aromatic carbocycles. The quantitative estimate of drug-likeness (QED) is 0.373. The number of anilines is 2. The normalized spacial score (nSPS) is 15.0. The minimum Gasteiger partial charge on any atom is -0.456 e. The average Bonchev–Trinajstić information content (AvgIpc) is 2.87. The third-order valence-corrected chi connectivity index (χ3v) is 8.68. The van der Waals surface area contributed by atoms with E-state index in [0.717, 1.165) is 52.4 Å². The Labute approximate surface area is 211 Å². The Balaban J connectivity index is 1.59. The SMILES string of the molecule is O=c1ccc2c(-c3cc4c5c(c3)SCCN5CCS4)c3ccc(N(CCO)CCO)cc3oc-2c1. The van der Waals surface area contributed by atoms with Crippen LogP contribution in [-0.2, 0) is 0 Å². The van der Waals surface area contributed by atoms with E-state index in [1.165, 1.54) is 15.5 Å². The minimum atomic E-state index is -0.0906. The summed E-state index contributed by atoms with van der Waals surface area (Å²) in [6.45, 7) is 2.98. The molecule has 0 saturated carbocycles. The number of fused-ring (bicyclic) bond motifs is 2. The Morgan fingerprint density at radius 2 is 1.63 bits per heavy atom. The average molecular weight is 507 g/mol. The zero-order valence-corrected chi connectivity index (χ0v) is 20.8. The lowest BCUT2D eigenvalue weighted by molar-refractivity contribution is 0.281. The van der Waals surface area contributed by atoms with Crippen molar-refractivity contribution >= 4 is 45.9 Å². The van der Waals surface area contributed by atoms with Crippen molar-refractivity contribution in [3.8, 4) is 22.5 Å². The van der Waals surface area contributed by atoms with Gasteiger partial charge in [-0.3, -0.25) is 4.79 Å². The summed E-state index contributed by atoms with van der Waals surface area (Å²) in [4.78, 5) is 19.3. The van der Waals surface area contributed by atoms with Gasteiger partial charge in [-0.25, -0.2) is 0 Å². The number of hydrogen-bond acceptors (Lipinski definition) is 8. The fourth-order valence-corrected chi connectivity index (χ4v) is 7.40. The topological polar surface area (TPSA) is 77.2 Å². The highest BCUT2D eigenvalue weighted by Crippen LogP contribution is 2.49. The predicted molar refractivity (Wildman–Crippen MR) is 145 cm³/mol. The van der Waals surface area contributed by atoms with Crippen LogP contribution in [0.1, 0.15) is 0 Å². The van der Waals surface area contributed by atoms with Crippen LogP contribution >= 0.6 is 23.5 Å². The molecule has 0 fully saturated rings. The van der Waals surface area contributed by atoms with Crippen molar-refractivity contribution in [3.05, 3.63) is 58.8 Å². The van der Waals surface area contributed by atoms with Gasteiger partial charge in [0.2, 0.25) is 0 Å². The van der Waals surface area contributed by atoms with Crippen molar-refractivity contribution in [3.63, 3.8) is 0 Å². The van der Waals surface area contributed by atoms with E-state index in [0.29, 0.717) is 24.4 Å². The van der Waals surface area contributed by atoms with E-state index < -0.39 is 0 Å². The highest BCUT2D eigenvalue weighted by Gasteiger charge is 2.27. The second-order valence-corrected chi connectivity index (χ2v) is 11.0. The van der Waals surface area contributed by atoms with Crippen LogP contribution in [0.25, 0.3) is 33.4 Å². The second-order valence-electron chi connectivity index (χ2n) is 8.75. The summed E-state index contributed by atoms with van der Waals surface area (Å²) in [6.07, 6.45) is 0. The van der Waals surface area contributed by atoms with Crippen LogP contribution in [0.4, 0.5) is 11.4 Å². The van der Waals surface area contributed by atoms with E-state index in [2.05, 4.69) is 17.0 Å². The fourth-order valence-electron chi connectivity index (χ4n) is 5.10. The lowest BCUT2D eigenvalue weighted by atomic mass is 9.93. The van der Waals surface area contributed by atoms with Gasteiger partial charge in [0.05, 0.1) is 18.9 Å². The van der Waals surface area contributed by atoms with E-state index in [9.17, 15) is 15.0 Å². The molecule has 3 heterocycles. The van der Waals surface area contributed by atoms with E-state index in [1.807, 2.05) is 52.7 Å². The van der Waals surface area contributed by atoms with Crippen LogP contribution in [0.3, 0.4) is 0 Å². The summed E-state index contributed by atoms with van der Waals surface area (Å²) in [5.41, 5.74) is 5.90. The largest absolute Gasteiger partial charge is 0.456 e. The van der Waals surface area contributed by atoms with Crippen molar-refractivity contribution in [2.75, 3.05) is 60.7 Å². The number of thioether (sulfide) groups is 2. The molecular weight excluding hydrogens is 480 g/mol. The van der Waals surface area contributed by atoms with Gasteiger partial charge in [-0.05, 0) is 42.0 Å². The summed E-state index contributed by atoms with van der Waals surface area (Å²) < 4.78 is 6.26. The maximum absolute atomic E-state index is 12.2. The Hall–Kier alpha value is -2.65. The first-order valence-corrected chi connectivity index (χ1v) is 13.8. The predicted octanol–water partition coefficient (Wildman–Crippen LogP) is 4.37. The molecule has 0 saturated heterocycles. The molecule has 0 amide bonds. The molecule has 8 heteroatoms. The highest BCUT2D eigenvalue weighted by molar-refractivity contribution is 8.00. The van der Waals surface area contributed by atoms with Gasteiger partial charge in [0, 0.05) is 81.8 Å². The smallest absolute Gasteiger partial charge is 0.182 e. The molecular formula is C27H26N2O4S2. The Morgan fingerprint density at radius 3 is 2.31 bits per heavy atom. The first-order valence-electron chi connectivity index (χ1n) is 11.8. The van der Waals surface area contributed by atoms with E-state index in [-0.39, 0.29) is 18.6 Å². The molecule has 2 N–H and O–H groups in total. The highest BCUT2D eigenvalue weighted by atomic mass is 32.2. The van der Waals surface area contributed by atoms with Crippen LogP contribution in [0.5, 0.6) is 0 Å². The van der Waals surface area contributed by atoms with Crippen molar-refractivity contribution in [1.29, 1.82) is 0 Å². The molecule has 0 atom stereocenters. The third kappa shape index (κ3) is 4.08. The fraction of sp³-hybridized carbons (Fsp3) is 0.296. The van der Waals surface area contributed by atoms with Crippen LogP contribution in [0.2, 0.25) is 0 Å². The van der Waals surface area contributed by atoms with Crippen molar-refractivity contribution in [2.24, 2.45) is 0 Å². The number of hydrogen-bond donors (Lipinski definition) is 2. The second kappa shape index (κ2) is 9.43. The number of nitrogens with zero attached hydrogens (tertiary/aromatic N) is 2. The maximum atomic E-state index is 12.2. The van der Waals surface area contributed by atoms with Crippen LogP contribution < -0.4 is 15.2 Å². The van der Waals surface area contributed by atoms with Crippen LogP contribution in [-0.4, -0.2) is 61.1 Å². The molecule has 1 aliphatic carbocycles. The van der Waals surface area contributed by atoms with Crippen molar-refractivity contribution in [2.45, 2.75) is 9.79 Å². The summed E-state index contributed by atoms with van der Waals surface area (Å²) >= 11 is 3.83. The lowest BCUT2D eigenvalue weighted by Crippen LogP contribution is -2.34. The van der Waals surface area contributed by atoms with Gasteiger partial charge in [0.25, 0.3) is 0 Å². The van der Waals surface area contributed by atoms with Gasteiger partial charge >= 0.3 is 0 Å². The Morgan fingerprint density at radius 1 is 0.914 bits per heavy atom. The molecule has 0 unspecified atom stereocenters. The maximum Gasteiger partial charge on any atom is 0.182 e. The molecule has 0 bridgehead atoms. The zero-order chi connectivity index (χ0) is 23.9. The van der Waals surface area contributed by atoms with Crippen LogP contribution in [0.15, 0.2) is 67.5 Å². The summed E-state index contributed by atoms with van der Waals surface area (Å²) in [6, 6.07) is 15.6. The zero-order valence-electron chi connectivity index (χ0n) is 19.2. The van der Waals surface area contributed by atoms with E-state index in [1.54, 1.807) is 12.1 Å². The molecule has 4 aliphatic rings. The van der Waals surface area contributed by atoms with Crippen molar-refractivity contribution < 1.29 is 14.6 Å². The molecule has 0 aromatic heterocycles. The van der Waals surface area contributed by atoms with Gasteiger partial charge in [-0.15, -0.1) is 23.5 Å². The van der Waals surface area contributed by atoms with Gasteiger partial charge in [-0.2, -0.15) is 0 Å². The number of aliphatic hydroxyl groups is 2. The molecule has 0 spiro atoms. The Bertz CT molecular complexity index is 1400. The number of benzene rings is 3. The van der Waals surface area contributed by atoms with Gasteiger partial charge in [-0.1, -0.05) is 0 Å². The summed E-state index contributed by atoms with van der Waals surface area (Å²) in [5, 5.41) is 19.9. The summed E-state index contributed by atoms with van der Waals surface area (Å²) in [5.74, 6) is 2.72. The van der Waals surface area contributed by atoms with E-state index in [4.69, 9.17) is 4.42 Å². The first-order chi connectivity index (χ1) is 17.2. The first kappa shape index (κ1) is 22.8. The standard InChI is InChI=1S/C27H26N2O4S2/c30-9-5-28(6-10-31)18-1-3-20-22(15-18)33-23-16-19(32)2-4-21(23)26(20)17-13-24-27-25(14-17)35-12-8-29(27)7-11-34-24/h1-4,13-16,30-31H,5-12H2. The third-order valence-electron chi connectivity index (χ3n) is 6.66. The number of rotatable bonds is 6. The van der Waals surface area contributed by atoms with Crippen LogP contribution in [0, 0.1) is 0 Å². The lowest BCUT2D eigenvalue weighted by Gasteiger charge is -2.36. The van der Waals surface area contributed by atoms with Gasteiger partial charge in [0.1, 0.15) is 11.3 Å². The molecule has 35 heavy (non-hydrogen) atoms. The minimum absolute atomic E-state index is 0.0120. The molecule has 6 nitrogen and oxygen atoms in total. The summed E-state index contributed by atoms with van der Waals surface area (Å²) in [7, 11) is 0. The molecule has 180 valence electrons. The number of aliphatic hydroxyl groups excluding tert-OH is 2. The molecule has 6 rings (SSSR count). The Kier molecular flexibility index (Phi) is 6.14. The van der Waals surface area contributed by atoms with Gasteiger partial charge < -0.3 is 24.4 Å². The van der Waals surface area contributed by atoms with E-state index >= 15 is 0 Å². The van der Waals surface area contributed by atoms with Gasteiger partial charge in [0.15, 0.2) is 5.43 Å². The molecule has 3 aliphatic heterocycles.